The van der Waals surface area contributed by atoms with Crippen LogP contribution in [0.25, 0.3) is 0 Å². The third kappa shape index (κ3) is 4.06. The summed E-state index contributed by atoms with van der Waals surface area (Å²) in [6.07, 6.45) is 2.84. The van der Waals surface area contributed by atoms with Crippen LogP contribution < -0.4 is 10.9 Å². The second kappa shape index (κ2) is 6.61. The maximum Gasteiger partial charge on any atom is 0.446 e. The Kier molecular flexibility index (Phi) is 4.48. The Morgan fingerprint density at radius 2 is 1.96 bits per heavy atom. The zero-order chi connectivity index (χ0) is 20.1. The number of thioether (sulfide) groups is 1. The van der Waals surface area contributed by atoms with Gasteiger partial charge in [-0.3, -0.25) is 9.59 Å². The van der Waals surface area contributed by atoms with Crippen molar-refractivity contribution in [2.24, 2.45) is 0 Å². The molecule has 2 aromatic rings. The minimum absolute atomic E-state index is 0.0263. The van der Waals surface area contributed by atoms with E-state index in [1.165, 1.54) is 6.07 Å². The van der Waals surface area contributed by atoms with E-state index >= 15 is 0 Å². The molecule has 148 valence electrons. The number of amides is 1. The van der Waals surface area contributed by atoms with Crippen molar-refractivity contribution in [3.63, 3.8) is 0 Å². The molecule has 1 heterocycles. The van der Waals surface area contributed by atoms with Crippen LogP contribution in [-0.2, 0) is 5.54 Å². The van der Waals surface area contributed by atoms with Crippen LogP contribution in [0, 0.1) is 5.82 Å². The SMILES string of the molecule is O=C(NC1(c2ccc(SC(F)(F)F)c(F)c2)CC1)c1cc(=O)[nH]c(C2CC2)n1. The number of aromatic nitrogens is 2. The van der Waals surface area contributed by atoms with Gasteiger partial charge < -0.3 is 10.3 Å². The van der Waals surface area contributed by atoms with Crippen molar-refractivity contribution < 1.29 is 22.4 Å². The highest BCUT2D eigenvalue weighted by Crippen LogP contribution is 2.47. The summed E-state index contributed by atoms with van der Waals surface area (Å²) in [5.74, 6) is -0.935. The normalized spacial score (nSPS) is 18.0. The van der Waals surface area contributed by atoms with Crippen LogP contribution in [0.5, 0.6) is 0 Å². The lowest BCUT2D eigenvalue weighted by molar-refractivity contribution is -0.0329. The van der Waals surface area contributed by atoms with E-state index in [1.54, 1.807) is 0 Å². The van der Waals surface area contributed by atoms with Gasteiger partial charge in [-0.05, 0) is 55.1 Å². The quantitative estimate of drug-likeness (QED) is 0.577. The maximum atomic E-state index is 14.1. The summed E-state index contributed by atoms with van der Waals surface area (Å²) < 4.78 is 51.5. The molecule has 0 aliphatic heterocycles. The standard InChI is InChI=1S/C18H15F4N3O2S/c19-11-7-10(3-4-13(11)28-18(20,21)22)17(5-6-17)25-16(27)12-8-14(26)24-15(23-12)9-1-2-9/h3-4,7-9H,1-2,5-6H2,(H,25,27)(H,23,24,26). The summed E-state index contributed by atoms with van der Waals surface area (Å²) >= 11 is -0.521. The van der Waals surface area contributed by atoms with Gasteiger partial charge in [0.1, 0.15) is 17.3 Å². The summed E-state index contributed by atoms with van der Waals surface area (Å²) in [6, 6.07) is 4.56. The number of aromatic amines is 1. The lowest BCUT2D eigenvalue weighted by Crippen LogP contribution is -2.36. The molecule has 0 bridgehead atoms. The Bertz CT molecular complexity index is 997. The number of H-pyrrole nitrogens is 1. The monoisotopic (exact) mass is 413 g/mol. The van der Waals surface area contributed by atoms with E-state index in [1.807, 2.05) is 0 Å². The predicted octanol–water partition coefficient (Wildman–Crippen LogP) is 3.82. The summed E-state index contributed by atoms with van der Waals surface area (Å²) in [7, 11) is 0. The topological polar surface area (TPSA) is 74.8 Å². The first-order chi connectivity index (χ1) is 13.2. The van der Waals surface area contributed by atoms with Gasteiger partial charge in [0.2, 0.25) is 0 Å². The van der Waals surface area contributed by atoms with Crippen LogP contribution >= 0.6 is 11.8 Å². The van der Waals surface area contributed by atoms with Crippen LogP contribution in [-0.4, -0.2) is 21.4 Å². The molecule has 0 atom stereocenters. The summed E-state index contributed by atoms with van der Waals surface area (Å²) in [5.41, 5.74) is -5.51. The minimum Gasteiger partial charge on any atom is -0.341 e. The van der Waals surface area contributed by atoms with Crippen LogP contribution in [0.1, 0.15) is 53.5 Å². The molecular formula is C18H15F4N3O2S. The number of benzene rings is 1. The number of hydrogen-bond acceptors (Lipinski definition) is 4. The molecule has 2 N–H and O–H groups in total. The summed E-state index contributed by atoms with van der Waals surface area (Å²) in [6.45, 7) is 0. The second-order valence-electron chi connectivity index (χ2n) is 7.02. The maximum absolute atomic E-state index is 14.1. The van der Waals surface area contributed by atoms with E-state index in [0.717, 1.165) is 31.0 Å². The third-order valence-electron chi connectivity index (χ3n) is 4.77. The molecule has 2 fully saturated rings. The summed E-state index contributed by atoms with van der Waals surface area (Å²) in [4.78, 5) is 30.7. The predicted molar refractivity (Wildman–Crippen MR) is 93.5 cm³/mol. The molecule has 4 rings (SSSR count). The van der Waals surface area contributed by atoms with Crippen LogP contribution in [0.3, 0.4) is 0 Å². The number of alkyl halides is 3. The molecule has 2 saturated carbocycles. The Hall–Kier alpha value is -2.36. The van der Waals surface area contributed by atoms with Gasteiger partial charge in [-0.1, -0.05) is 6.07 Å². The number of carbonyl (C=O) groups excluding carboxylic acids is 1. The van der Waals surface area contributed by atoms with Gasteiger partial charge in [0.15, 0.2) is 0 Å². The van der Waals surface area contributed by atoms with Crippen molar-refractivity contribution in [3.8, 4) is 0 Å². The zero-order valence-electron chi connectivity index (χ0n) is 14.4. The Labute approximate surface area is 160 Å². The Morgan fingerprint density at radius 1 is 1.25 bits per heavy atom. The van der Waals surface area contributed by atoms with E-state index in [4.69, 9.17) is 0 Å². The van der Waals surface area contributed by atoms with E-state index in [-0.39, 0.29) is 11.6 Å². The third-order valence-corrected chi connectivity index (χ3v) is 5.55. The molecule has 2 aliphatic carbocycles. The second-order valence-corrected chi connectivity index (χ2v) is 8.13. The molecule has 1 amide bonds. The minimum atomic E-state index is -4.58. The first-order valence-corrected chi connectivity index (χ1v) is 9.46. The van der Waals surface area contributed by atoms with Gasteiger partial charge >= 0.3 is 5.51 Å². The molecule has 5 nitrogen and oxygen atoms in total. The van der Waals surface area contributed by atoms with Crippen molar-refractivity contribution in [3.05, 3.63) is 57.5 Å². The molecule has 2 aliphatic rings. The number of carbonyl (C=O) groups is 1. The average molecular weight is 413 g/mol. The summed E-state index contributed by atoms with van der Waals surface area (Å²) in [5, 5.41) is 2.76. The Morgan fingerprint density at radius 3 is 2.54 bits per heavy atom. The fourth-order valence-corrected chi connectivity index (χ4v) is 3.58. The fourth-order valence-electron chi connectivity index (χ4n) is 3.04. The van der Waals surface area contributed by atoms with Crippen molar-refractivity contribution >= 4 is 17.7 Å². The molecule has 0 saturated heterocycles. The molecule has 0 unspecified atom stereocenters. The molecular weight excluding hydrogens is 398 g/mol. The first-order valence-electron chi connectivity index (χ1n) is 8.65. The number of nitrogens with zero attached hydrogens (tertiary/aromatic N) is 1. The molecule has 28 heavy (non-hydrogen) atoms. The smallest absolute Gasteiger partial charge is 0.341 e. The van der Waals surface area contributed by atoms with E-state index in [9.17, 15) is 27.2 Å². The number of halogens is 4. The highest BCUT2D eigenvalue weighted by Gasteiger charge is 2.46. The number of rotatable bonds is 5. The highest BCUT2D eigenvalue weighted by molar-refractivity contribution is 8.00. The number of hydrogen-bond donors (Lipinski definition) is 2. The largest absolute Gasteiger partial charge is 0.446 e. The lowest BCUT2D eigenvalue weighted by atomic mass is 10.0. The Balaban J connectivity index is 1.54. The van der Waals surface area contributed by atoms with Gasteiger partial charge in [-0.2, -0.15) is 13.2 Å². The molecule has 1 aromatic carbocycles. The van der Waals surface area contributed by atoms with E-state index < -0.39 is 45.0 Å². The molecule has 0 spiro atoms. The zero-order valence-corrected chi connectivity index (χ0v) is 15.2. The van der Waals surface area contributed by atoms with E-state index in [2.05, 4.69) is 15.3 Å². The fraction of sp³-hybridized carbons (Fsp3) is 0.389. The van der Waals surface area contributed by atoms with Crippen molar-refractivity contribution in [2.45, 2.75) is 47.5 Å². The average Bonchev–Trinajstić information content (AvgIpc) is 3.49. The van der Waals surface area contributed by atoms with Gasteiger partial charge in [-0.15, -0.1) is 0 Å². The lowest BCUT2D eigenvalue weighted by Gasteiger charge is -2.19. The van der Waals surface area contributed by atoms with Crippen molar-refractivity contribution in [1.82, 2.24) is 15.3 Å². The van der Waals surface area contributed by atoms with Crippen LogP contribution in [0.4, 0.5) is 17.6 Å². The van der Waals surface area contributed by atoms with Gasteiger partial charge in [0.25, 0.3) is 11.5 Å². The van der Waals surface area contributed by atoms with Gasteiger partial charge in [0.05, 0.1) is 10.4 Å². The van der Waals surface area contributed by atoms with Gasteiger partial charge in [-0.25, -0.2) is 9.37 Å². The molecule has 1 aromatic heterocycles. The van der Waals surface area contributed by atoms with Crippen LogP contribution in [0.15, 0.2) is 34.0 Å². The number of nitrogens with one attached hydrogen (secondary N) is 2. The first kappa shape index (κ1) is 19.0. The molecule has 10 heteroatoms. The van der Waals surface area contributed by atoms with E-state index in [0.29, 0.717) is 24.2 Å². The van der Waals surface area contributed by atoms with Crippen molar-refractivity contribution in [2.75, 3.05) is 0 Å². The van der Waals surface area contributed by atoms with Crippen molar-refractivity contribution in [1.29, 1.82) is 0 Å². The van der Waals surface area contributed by atoms with Gasteiger partial charge in [0, 0.05) is 12.0 Å². The highest BCUT2D eigenvalue weighted by atomic mass is 32.2. The van der Waals surface area contributed by atoms with Crippen LogP contribution in [0.2, 0.25) is 0 Å². The molecule has 0 radical (unpaired) electrons.